The van der Waals surface area contributed by atoms with Crippen LogP contribution in [0.25, 0.3) is 0 Å². The van der Waals surface area contributed by atoms with Gasteiger partial charge in [0.15, 0.2) is 0 Å². The molecule has 0 aliphatic rings. The first-order valence-corrected chi connectivity index (χ1v) is 8.77. The van der Waals surface area contributed by atoms with E-state index < -0.39 is 0 Å². The predicted octanol–water partition coefficient (Wildman–Crippen LogP) is 3.62. The van der Waals surface area contributed by atoms with Crippen LogP contribution in [0.5, 0.6) is 0 Å². The highest BCUT2D eigenvalue weighted by atomic mass is 16.2. The summed E-state index contributed by atoms with van der Waals surface area (Å²) in [4.78, 5) is 28.1. The van der Waals surface area contributed by atoms with E-state index in [2.05, 4.69) is 12.2 Å². The molecule has 0 fully saturated rings. The van der Waals surface area contributed by atoms with Crippen LogP contribution in [-0.4, -0.2) is 32.5 Å². The highest BCUT2D eigenvalue weighted by molar-refractivity contribution is 6.02. The molecule has 0 spiro atoms. The van der Waals surface area contributed by atoms with E-state index in [9.17, 15) is 9.59 Å². The normalized spacial score (nSPS) is 10.3. The predicted molar refractivity (Wildman–Crippen MR) is 108 cm³/mol. The first-order chi connectivity index (χ1) is 12.3. The average molecular weight is 353 g/mol. The molecule has 5 heteroatoms. The van der Waals surface area contributed by atoms with Crippen LogP contribution in [0.4, 0.5) is 17.1 Å². The van der Waals surface area contributed by atoms with Crippen molar-refractivity contribution in [3.05, 3.63) is 53.6 Å². The van der Waals surface area contributed by atoms with Gasteiger partial charge in [-0.15, -0.1) is 0 Å². The number of carbonyl (C=O) groups excluding carboxylic acids is 2. The summed E-state index contributed by atoms with van der Waals surface area (Å²) in [6.45, 7) is 5.47. The molecule has 0 aliphatic heterocycles. The average Bonchev–Trinajstić information content (AvgIpc) is 2.61. The molecule has 0 bridgehead atoms. The second-order valence-electron chi connectivity index (χ2n) is 6.53. The monoisotopic (exact) mass is 353 g/mol. The zero-order valence-electron chi connectivity index (χ0n) is 16.2. The number of hydrogen-bond acceptors (Lipinski definition) is 3. The maximum atomic E-state index is 12.6. The van der Waals surface area contributed by atoms with E-state index in [1.54, 1.807) is 0 Å². The van der Waals surface area contributed by atoms with Gasteiger partial charge < -0.3 is 15.1 Å². The smallest absolute Gasteiger partial charge is 0.244 e. The van der Waals surface area contributed by atoms with Crippen LogP contribution in [0, 0.1) is 6.92 Å². The minimum Gasteiger partial charge on any atom is -0.378 e. The van der Waals surface area contributed by atoms with Gasteiger partial charge in [0.2, 0.25) is 11.8 Å². The largest absolute Gasteiger partial charge is 0.378 e. The molecule has 2 amide bonds. The van der Waals surface area contributed by atoms with E-state index in [4.69, 9.17) is 0 Å². The van der Waals surface area contributed by atoms with Gasteiger partial charge >= 0.3 is 0 Å². The Hall–Kier alpha value is -2.82. The Morgan fingerprint density at radius 2 is 1.62 bits per heavy atom. The third kappa shape index (κ3) is 4.63. The fourth-order valence-electron chi connectivity index (χ4n) is 2.84. The number of amides is 2. The molecule has 2 aromatic carbocycles. The number of rotatable bonds is 6. The summed E-state index contributed by atoms with van der Waals surface area (Å²) in [6.07, 6.45) is 0.833. The molecule has 26 heavy (non-hydrogen) atoms. The maximum absolute atomic E-state index is 12.6. The van der Waals surface area contributed by atoms with E-state index in [1.807, 2.05) is 68.4 Å². The van der Waals surface area contributed by atoms with Gasteiger partial charge in [-0.1, -0.05) is 25.1 Å². The van der Waals surface area contributed by atoms with Crippen molar-refractivity contribution in [1.82, 2.24) is 0 Å². The number of hydrogen-bond donors (Lipinski definition) is 1. The third-order valence-electron chi connectivity index (χ3n) is 4.36. The summed E-state index contributed by atoms with van der Waals surface area (Å²) in [5, 5.41) is 2.97. The Bertz CT molecular complexity index is 782. The van der Waals surface area contributed by atoms with Crippen molar-refractivity contribution in [3.8, 4) is 0 Å². The lowest BCUT2D eigenvalue weighted by Gasteiger charge is -2.22. The Balaban J connectivity index is 2.18. The molecule has 0 aliphatic carbocycles. The fourth-order valence-corrected chi connectivity index (χ4v) is 2.84. The Kier molecular flexibility index (Phi) is 6.39. The van der Waals surface area contributed by atoms with E-state index >= 15 is 0 Å². The van der Waals surface area contributed by atoms with Crippen molar-refractivity contribution < 1.29 is 9.59 Å². The van der Waals surface area contributed by atoms with Crippen LogP contribution in [0.2, 0.25) is 0 Å². The van der Waals surface area contributed by atoms with Gasteiger partial charge in [0.25, 0.3) is 0 Å². The minimum atomic E-state index is -0.208. The van der Waals surface area contributed by atoms with Crippen molar-refractivity contribution in [1.29, 1.82) is 0 Å². The van der Waals surface area contributed by atoms with Gasteiger partial charge in [-0.25, -0.2) is 0 Å². The van der Waals surface area contributed by atoms with Gasteiger partial charge in [-0.3, -0.25) is 9.59 Å². The molecule has 2 aromatic rings. The van der Waals surface area contributed by atoms with Crippen LogP contribution in [0.3, 0.4) is 0 Å². The van der Waals surface area contributed by atoms with Crippen molar-refractivity contribution >= 4 is 28.9 Å². The standard InChI is InChI=1S/C21H27N3O2/c1-6-17-9-7-8-15(2)21(17)22-20(26)14-24(16(3)25)19-12-10-18(11-13-19)23(4)5/h7-13H,6,14H2,1-5H3,(H,22,26). The molecule has 5 nitrogen and oxygen atoms in total. The number of para-hydroxylation sites is 1. The van der Waals surface area contributed by atoms with Gasteiger partial charge in [-0.05, 0) is 48.7 Å². The highest BCUT2D eigenvalue weighted by Crippen LogP contribution is 2.22. The number of nitrogens with zero attached hydrogens (tertiary/aromatic N) is 2. The van der Waals surface area contributed by atoms with Crippen LogP contribution < -0.4 is 15.1 Å². The van der Waals surface area contributed by atoms with Crippen molar-refractivity contribution in [2.45, 2.75) is 27.2 Å². The second-order valence-corrected chi connectivity index (χ2v) is 6.53. The summed E-state index contributed by atoms with van der Waals surface area (Å²) in [6, 6.07) is 13.5. The zero-order chi connectivity index (χ0) is 19.3. The quantitative estimate of drug-likeness (QED) is 0.863. The number of aryl methyl sites for hydroxylation is 2. The fraction of sp³-hybridized carbons (Fsp3) is 0.333. The summed E-state index contributed by atoms with van der Waals surface area (Å²) in [5.41, 5.74) is 4.69. The van der Waals surface area contributed by atoms with E-state index in [0.717, 1.165) is 28.9 Å². The van der Waals surface area contributed by atoms with Crippen LogP contribution >= 0.6 is 0 Å². The summed E-state index contributed by atoms with van der Waals surface area (Å²) in [7, 11) is 3.91. The molecule has 0 aromatic heterocycles. The molecule has 0 atom stereocenters. The Morgan fingerprint density at radius 3 is 2.15 bits per heavy atom. The molecule has 0 saturated carbocycles. The lowest BCUT2D eigenvalue weighted by molar-refractivity contribution is -0.120. The zero-order valence-corrected chi connectivity index (χ0v) is 16.2. The summed E-state index contributed by atoms with van der Waals surface area (Å²) in [5.74, 6) is -0.376. The third-order valence-corrected chi connectivity index (χ3v) is 4.36. The maximum Gasteiger partial charge on any atom is 0.244 e. The van der Waals surface area contributed by atoms with Crippen molar-refractivity contribution in [2.24, 2.45) is 0 Å². The molecule has 0 saturated heterocycles. The summed E-state index contributed by atoms with van der Waals surface area (Å²) >= 11 is 0. The van der Waals surface area contributed by atoms with Gasteiger partial charge in [0, 0.05) is 38.1 Å². The lowest BCUT2D eigenvalue weighted by atomic mass is 10.1. The highest BCUT2D eigenvalue weighted by Gasteiger charge is 2.17. The van der Waals surface area contributed by atoms with Crippen LogP contribution in [0.15, 0.2) is 42.5 Å². The van der Waals surface area contributed by atoms with Crippen LogP contribution in [0.1, 0.15) is 25.0 Å². The molecule has 0 unspecified atom stereocenters. The minimum absolute atomic E-state index is 0.0197. The number of nitrogens with one attached hydrogen (secondary N) is 1. The molecular weight excluding hydrogens is 326 g/mol. The molecule has 2 rings (SSSR count). The number of anilines is 3. The number of carbonyl (C=O) groups is 2. The molecule has 0 heterocycles. The molecule has 1 N–H and O–H groups in total. The molecule has 0 radical (unpaired) electrons. The Labute approximate surface area is 155 Å². The van der Waals surface area contributed by atoms with Crippen LogP contribution in [-0.2, 0) is 16.0 Å². The lowest BCUT2D eigenvalue weighted by Crippen LogP contribution is -2.37. The number of benzene rings is 2. The van der Waals surface area contributed by atoms with Crippen molar-refractivity contribution in [3.63, 3.8) is 0 Å². The SMILES string of the molecule is CCc1cccc(C)c1NC(=O)CN(C(C)=O)c1ccc(N(C)C)cc1. The van der Waals surface area contributed by atoms with E-state index in [0.29, 0.717) is 5.69 Å². The topological polar surface area (TPSA) is 52.7 Å². The Morgan fingerprint density at radius 1 is 1.00 bits per heavy atom. The molecule has 138 valence electrons. The second kappa shape index (κ2) is 8.52. The van der Waals surface area contributed by atoms with Gasteiger partial charge in [0.1, 0.15) is 6.54 Å². The van der Waals surface area contributed by atoms with E-state index in [-0.39, 0.29) is 18.4 Å². The first-order valence-electron chi connectivity index (χ1n) is 8.77. The summed E-state index contributed by atoms with van der Waals surface area (Å²) < 4.78 is 0. The van der Waals surface area contributed by atoms with Gasteiger partial charge in [-0.2, -0.15) is 0 Å². The van der Waals surface area contributed by atoms with Crippen molar-refractivity contribution in [2.75, 3.05) is 35.8 Å². The van der Waals surface area contributed by atoms with E-state index in [1.165, 1.54) is 11.8 Å². The first kappa shape index (κ1) is 19.5. The molecular formula is C21H27N3O2. The van der Waals surface area contributed by atoms with Gasteiger partial charge in [0.05, 0.1) is 0 Å².